The molecule has 3 aromatic carbocycles. The lowest BCUT2D eigenvalue weighted by molar-refractivity contribution is -0.384. The summed E-state index contributed by atoms with van der Waals surface area (Å²) in [7, 11) is 0. The molecule has 0 saturated carbocycles. The van der Waals surface area contributed by atoms with Gasteiger partial charge in [-0.3, -0.25) is 29.5 Å². The average Bonchev–Trinajstić information content (AvgIpc) is 3.65. The van der Waals surface area contributed by atoms with Crippen molar-refractivity contribution in [1.29, 1.82) is 0 Å². The van der Waals surface area contributed by atoms with Crippen LogP contribution in [0.1, 0.15) is 23.6 Å². The second-order valence-corrected chi connectivity index (χ2v) is 10.3. The van der Waals surface area contributed by atoms with Crippen LogP contribution in [0.15, 0.2) is 98.8 Å². The van der Waals surface area contributed by atoms with E-state index < -0.39 is 34.7 Å². The number of hydrogen-bond donors (Lipinski definition) is 0. The van der Waals surface area contributed by atoms with Crippen LogP contribution in [0, 0.1) is 10.1 Å². The third-order valence-corrected chi connectivity index (χ3v) is 7.53. The maximum atomic E-state index is 13.6. The minimum Gasteiger partial charge on any atom is -0.271 e. The van der Waals surface area contributed by atoms with Crippen molar-refractivity contribution in [3.8, 4) is 0 Å². The first-order valence-electron chi connectivity index (χ1n) is 12.3. The molecule has 0 unspecified atom stereocenters. The molecule has 200 valence electrons. The van der Waals surface area contributed by atoms with Crippen LogP contribution in [-0.2, 0) is 14.4 Å². The predicted molar refractivity (Wildman–Crippen MR) is 146 cm³/mol. The lowest BCUT2D eigenvalue weighted by Gasteiger charge is -2.25. The van der Waals surface area contributed by atoms with Crippen LogP contribution >= 0.6 is 15.9 Å². The van der Waals surface area contributed by atoms with Crippen molar-refractivity contribution in [3.63, 3.8) is 0 Å². The Morgan fingerprint density at radius 2 is 1.68 bits per heavy atom. The average molecular weight is 602 g/mol. The van der Waals surface area contributed by atoms with Gasteiger partial charge >= 0.3 is 0 Å². The van der Waals surface area contributed by atoms with Gasteiger partial charge in [-0.15, -0.1) is 0 Å². The van der Waals surface area contributed by atoms with E-state index in [4.69, 9.17) is 0 Å². The van der Waals surface area contributed by atoms with Crippen LogP contribution in [0.2, 0.25) is 0 Å². The zero-order valence-corrected chi connectivity index (χ0v) is 22.3. The number of imide groups is 1. The fraction of sp³-hybridized carbons (Fsp3) is 0.185. The Morgan fingerprint density at radius 1 is 0.975 bits per heavy atom. The Hall–Kier alpha value is -4.78. The normalized spacial score (nSPS) is 21.7. The molecule has 1 saturated heterocycles. The molecule has 0 aliphatic carbocycles. The molecular weight excluding hydrogens is 582 g/mol. The number of nitro benzene ring substituents is 1. The number of carbonyl (C=O) groups excluding carboxylic acids is 3. The van der Waals surface area contributed by atoms with E-state index >= 15 is 0 Å². The Bertz CT molecular complexity index is 1580. The second-order valence-electron chi connectivity index (χ2n) is 9.40. The van der Waals surface area contributed by atoms with Gasteiger partial charge in [-0.2, -0.15) is 10.2 Å². The molecule has 12 nitrogen and oxygen atoms in total. The largest absolute Gasteiger partial charge is 0.271 e. The summed E-state index contributed by atoms with van der Waals surface area (Å²) in [5, 5.41) is 26.2. The van der Waals surface area contributed by atoms with Crippen LogP contribution in [0.25, 0.3) is 0 Å². The van der Waals surface area contributed by atoms with Crippen molar-refractivity contribution < 1.29 is 19.3 Å². The summed E-state index contributed by atoms with van der Waals surface area (Å²) in [5.74, 6) is -1.63. The highest BCUT2D eigenvalue weighted by atomic mass is 79.9. The van der Waals surface area contributed by atoms with Gasteiger partial charge in [-0.25, -0.2) is 9.91 Å². The number of hydrogen-bond acceptors (Lipinski definition) is 9. The van der Waals surface area contributed by atoms with Crippen molar-refractivity contribution in [1.82, 2.24) is 10.0 Å². The van der Waals surface area contributed by atoms with Gasteiger partial charge in [0.1, 0.15) is 6.54 Å². The maximum Gasteiger partial charge on any atom is 0.269 e. The molecule has 1 fully saturated rings. The molecule has 3 heterocycles. The fourth-order valence-electron chi connectivity index (χ4n) is 5.03. The lowest BCUT2D eigenvalue weighted by Crippen LogP contribution is -2.44. The van der Waals surface area contributed by atoms with Crippen molar-refractivity contribution in [3.05, 3.63) is 105 Å². The second kappa shape index (κ2) is 10.1. The Labute approximate surface area is 235 Å². The Morgan fingerprint density at radius 3 is 2.35 bits per heavy atom. The Kier molecular flexibility index (Phi) is 6.42. The number of halogens is 1. The van der Waals surface area contributed by atoms with Gasteiger partial charge < -0.3 is 0 Å². The van der Waals surface area contributed by atoms with Crippen molar-refractivity contribution >= 4 is 50.7 Å². The van der Waals surface area contributed by atoms with Gasteiger partial charge in [0.15, 0.2) is 12.1 Å². The minimum atomic E-state index is -1.11. The number of rotatable bonds is 6. The molecule has 0 bridgehead atoms. The monoisotopic (exact) mass is 601 g/mol. The number of amides is 3. The number of anilines is 1. The molecule has 3 aliphatic heterocycles. The van der Waals surface area contributed by atoms with Crippen LogP contribution < -0.4 is 4.90 Å². The third-order valence-electron chi connectivity index (χ3n) is 7.00. The van der Waals surface area contributed by atoms with Gasteiger partial charge in [-0.05, 0) is 35.4 Å². The number of benzene rings is 3. The molecule has 3 amide bonds. The predicted octanol–water partition coefficient (Wildman–Crippen LogP) is 4.03. The molecule has 6 rings (SSSR count). The first kappa shape index (κ1) is 25.5. The molecule has 0 aromatic heterocycles. The van der Waals surface area contributed by atoms with Crippen molar-refractivity contribution in [2.45, 2.75) is 24.5 Å². The van der Waals surface area contributed by atoms with E-state index in [2.05, 4.69) is 31.4 Å². The highest BCUT2D eigenvalue weighted by Crippen LogP contribution is 2.35. The van der Waals surface area contributed by atoms with E-state index in [9.17, 15) is 24.5 Å². The Balaban J connectivity index is 1.24. The van der Waals surface area contributed by atoms with Crippen LogP contribution in [-0.4, -0.2) is 57.0 Å². The molecule has 40 heavy (non-hydrogen) atoms. The van der Waals surface area contributed by atoms with Crippen LogP contribution in [0.3, 0.4) is 0 Å². The minimum absolute atomic E-state index is 0.170. The summed E-state index contributed by atoms with van der Waals surface area (Å²) < 4.78 is 0.926. The topological polar surface area (TPSA) is 141 Å². The summed E-state index contributed by atoms with van der Waals surface area (Å²) in [6.07, 6.45) is 0.496. The number of non-ortho nitro benzene ring substituents is 1. The van der Waals surface area contributed by atoms with E-state index in [0.29, 0.717) is 6.42 Å². The van der Waals surface area contributed by atoms with Crippen molar-refractivity contribution in [2.75, 3.05) is 11.4 Å². The maximum absolute atomic E-state index is 13.6. The highest BCUT2D eigenvalue weighted by molar-refractivity contribution is 9.10. The van der Waals surface area contributed by atoms with Gasteiger partial charge in [-0.1, -0.05) is 63.6 Å². The van der Waals surface area contributed by atoms with E-state index in [1.54, 1.807) is 0 Å². The summed E-state index contributed by atoms with van der Waals surface area (Å²) in [6.45, 7) is -0.321. The highest BCUT2D eigenvalue weighted by Gasteiger charge is 2.55. The smallest absolute Gasteiger partial charge is 0.269 e. The number of carbonyl (C=O) groups is 3. The van der Waals surface area contributed by atoms with E-state index in [1.165, 1.54) is 34.3 Å². The lowest BCUT2D eigenvalue weighted by atomic mass is 9.98. The van der Waals surface area contributed by atoms with E-state index in [1.807, 2.05) is 54.6 Å². The third kappa shape index (κ3) is 4.43. The molecule has 3 aliphatic rings. The molecule has 3 atom stereocenters. The van der Waals surface area contributed by atoms with Gasteiger partial charge in [0, 0.05) is 23.0 Å². The van der Waals surface area contributed by atoms with E-state index in [-0.39, 0.29) is 24.0 Å². The number of fused-ring (bicyclic) bond motifs is 1. The summed E-state index contributed by atoms with van der Waals surface area (Å²) in [4.78, 5) is 51.4. The zero-order valence-electron chi connectivity index (χ0n) is 20.7. The number of hydrazone groups is 1. The number of nitrogens with zero attached hydrogens (tertiary/aromatic N) is 7. The van der Waals surface area contributed by atoms with Crippen molar-refractivity contribution in [2.24, 2.45) is 15.4 Å². The zero-order chi connectivity index (χ0) is 28.0. The van der Waals surface area contributed by atoms with Gasteiger partial charge in [0.25, 0.3) is 23.4 Å². The first-order valence-corrected chi connectivity index (χ1v) is 13.1. The fourth-order valence-corrected chi connectivity index (χ4v) is 5.30. The SMILES string of the molecule is O=C1[C@@H]2N=NN(CC(=O)N3N=C(c4ccc(Br)cc4)C[C@@H]3c3ccccc3)[C@H]2C(=O)N1c1ccc([N+](=O)[O-])cc1. The molecule has 0 spiro atoms. The molecule has 3 aromatic rings. The molecule has 0 N–H and O–H groups in total. The molecule has 0 radical (unpaired) electrons. The summed E-state index contributed by atoms with van der Waals surface area (Å²) >= 11 is 3.43. The quantitative estimate of drug-likeness (QED) is 0.237. The van der Waals surface area contributed by atoms with Crippen LogP contribution in [0.5, 0.6) is 0 Å². The van der Waals surface area contributed by atoms with Crippen LogP contribution in [0.4, 0.5) is 11.4 Å². The summed E-state index contributed by atoms with van der Waals surface area (Å²) in [6, 6.07) is 19.7. The van der Waals surface area contributed by atoms with Gasteiger partial charge in [0.2, 0.25) is 0 Å². The number of nitro groups is 1. The summed E-state index contributed by atoms with van der Waals surface area (Å²) in [5.41, 5.74) is 2.55. The van der Waals surface area contributed by atoms with Gasteiger partial charge in [0.05, 0.1) is 22.4 Å². The molecular formula is C27H20BrN7O5. The first-order chi connectivity index (χ1) is 19.3. The standard InChI is InChI=1S/C27H20BrN7O5/c28-18-8-6-16(7-9-18)21-14-22(17-4-2-1-3-5-17)34(30-21)23(36)15-32-25-24(29-31-32)26(37)33(27(25)38)19-10-12-20(13-11-19)35(39)40/h1-13,22,24-25H,14-15H2/t22-,24-,25-/m1/s1. The molecule has 13 heteroatoms. The van der Waals surface area contributed by atoms with E-state index in [0.717, 1.165) is 26.2 Å².